The van der Waals surface area contributed by atoms with Gasteiger partial charge in [-0.2, -0.15) is 0 Å². The van der Waals surface area contributed by atoms with Crippen molar-refractivity contribution in [3.63, 3.8) is 0 Å². The number of carboxylic acids is 1. The Morgan fingerprint density at radius 1 is 1.43 bits per heavy atom. The number of methoxy groups -OCH3 is 1. The molecule has 5 heteroatoms. The van der Waals surface area contributed by atoms with Crippen LogP contribution >= 0.6 is 0 Å². The van der Waals surface area contributed by atoms with Crippen LogP contribution in [0.3, 0.4) is 0 Å². The number of benzene rings is 1. The van der Waals surface area contributed by atoms with Gasteiger partial charge in [0.25, 0.3) is 0 Å². The van der Waals surface area contributed by atoms with Crippen molar-refractivity contribution in [1.29, 1.82) is 0 Å². The molecule has 1 aliphatic heterocycles. The molecule has 1 saturated heterocycles. The number of hydrogen-bond acceptors (Lipinski definition) is 3. The van der Waals surface area contributed by atoms with Gasteiger partial charge in [0.1, 0.15) is 11.8 Å². The third-order valence-electron chi connectivity index (χ3n) is 4.01. The first-order chi connectivity index (χ1) is 10.0. The van der Waals surface area contributed by atoms with Gasteiger partial charge < -0.3 is 14.7 Å². The monoisotopic (exact) mass is 291 g/mol. The second-order valence-electron chi connectivity index (χ2n) is 5.43. The lowest BCUT2D eigenvalue weighted by Gasteiger charge is -2.23. The zero-order valence-electron chi connectivity index (χ0n) is 12.4. The summed E-state index contributed by atoms with van der Waals surface area (Å²) in [6.45, 7) is 2.50. The van der Waals surface area contributed by atoms with Crippen LogP contribution in [0.1, 0.15) is 37.7 Å². The predicted octanol–water partition coefficient (Wildman–Crippen LogP) is 2.26. The third-order valence-corrected chi connectivity index (χ3v) is 4.01. The summed E-state index contributed by atoms with van der Waals surface area (Å²) in [5, 5.41) is 9.15. The van der Waals surface area contributed by atoms with Gasteiger partial charge in [-0.25, -0.2) is 4.79 Å². The van der Waals surface area contributed by atoms with Crippen LogP contribution in [0, 0.1) is 0 Å². The van der Waals surface area contributed by atoms with Crippen molar-refractivity contribution in [1.82, 2.24) is 4.90 Å². The maximum absolute atomic E-state index is 12.4. The van der Waals surface area contributed by atoms with E-state index in [0.717, 1.165) is 17.7 Å². The molecule has 1 N–H and O–H groups in total. The average Bonchev–Trinajstić information content (AvgIpc) is 2.96. The van der Waals surface area contributed by atoms with Gasteiger partial charge in [0.05, 0.1) is 7.11 Å². The highest BCUT2D eigenvalue weighted by molar-refractivity contribution is 5.84. The number of amides is 1. The lowest BCUT2D eigenvalue weighted by Crippen LogP contribution is -2.40. The molecule has 1 aromatic carbocycles. The van der Waals surface area contributed by atoms with Crippen LogP contribution in [0.2, 0.25) is 0 Å². The number of carbonyl (C=O) groups is 2. The number of ether oxygens (including phenoxy) is 1. The predicted molar refractivity (Wildman–Crippen MR) is 78.4 cm³/mol. The zero-order valence-corrected chi connectivity index (χ0v) is 12.4. The fourth-order valence-electron chi connectivity index (χ4n) is 2.88. The van der Waals surface area contributed by atoms with Crippen molar-refractivity contribution in [3.8, 4) is 5.75 Å². The summed E-state index contributed by atoms with van der Waals surface area (Å²) in [4.78, 5) is 25.0. The van der Waals surface area contributed by atoms with Crippen LogP contribution in [0.4, 0.5) is 0 Å². The van der Waals surface area contributed by atoms with E-state index >= 15 is 0 Å². The first-order valence-electron chi connectivity index (χ1n) is 7.19. The summed E-state index contributed by atoms with van der Waals surface area (Å²) in [5.74, 6) is -0.262. The molecule has 1 amide bonds. The molecule has 0 spiro atoms. The van der Waals surface area contributed by atoms with E-state index < -0.39 is 12.0 Å². The first-order valence-corrected chi connectivity index (χ1v) is 7.19. The molecule has 0 radical (unpaired) electrons. The summed E-state index contributed by atoms with van der Waals surface area (Å²) in [6, 6.07) is 6.94. The zero-order chi connectivity index (χ0) is 15.4. The van der Waals surface area contributed by atoms with Crippen molar-refractivity contribution in [2.75, 3.05) is 13.7 Å². The SMILES string of the molecule is COc1ccccc1[C@H](C)CC(=O)N1CCC[C@H]1C(=O)O. The molecule has 21 heavy (non-hydrogen) atoms. The van der Waals surface area contributed by atoms with E-state index in [0.29, 0.717) is 19.4 Å². The van der Waals surface area contributed by atoms with Crippen LogP contribution in [0.25, 0.3) is 0 Å². The maximum Gasteiger partial charge on any atom is 0.326 e. The Balaban J connectivity index is 2.07. The lowest BCUT2D eigenvalue weighted by atomic mass is 9.96. The van der Waals surface area contributed by atoms with E-state index in [2.05, 4.69) is 0 Å². The summed E-state index contributed by atoms with van der Waals surface area (Å²) >= 11 is 0. The summed E-state index contributed by atoms with van der Waals surface area (Å²) < 4.78 is 5.31. The molecule has 0 saturated carbocycles. The molecule has 0 aliphatic carbocycles. The second kappa shape index (κ2) is 6.61. The second-order valence-corrected chi connectivity index (χ2v) is 5.43. The highest BCUT2D eigenvalue weighted by Gasteiger charge is 2.34. The first kappa shape index (κ1) is 15.4. The van der Waals surface area contributed by atoms with Crippen LogP contribution in [-0.4, -0.2) is 41.6 Å². The van der Waals surface area contributed by atoms with Gasteiger partial charge >= 0.3 is 5.97 Å². The smallest absolute Gasteiger partial charge is 0.326 e. The Labute approximate surface area is 124 Å². The standard InChI is InChI=1S/C16H21NO4/c1-11(12-6-3-4-8-14(12)21-2)10-15(18)17-9-5-7-13(17)16(19)20/h3-4,6,8,11,13H,5,7,9-10H2,1-2H3,(H,19,20)/t11-,13+/m1/s1. The van der Waals surface area contributed by atoms with E-state index in [1.165, 1.54) is 4.90 Å². The highest BCUT2D eigenvalue weighted by atomic mass is 16.5. The van der Waals surface area contributed by atoms with E-state index in [4.69, 9.17) is 9.84 Å². The van der Waals surface area contributed by atoms with Crippen LogP contribution < -0.4 is 4.74 Å². The number of carboxylic acid groups (broad SMARTS) is 1. The Hall–Kier alpha value is -2.04. The molecule has 0 unspecified atom stereocenters. The van der Waals surface area contributed by atoms with Crippen molar-refractivity contribution in [3.05, 3.63) is 29.8 Å². The molecule has 5 nitrogen and oxygen atoms in total. The normalized spacial score (nSPS) is 19.3. The number of likely N-dealkylation sites (tertiary alicyclic amines) is 1. The van der Waals surface area contributed by atoms with Gasteiger partial charge in [-0.05, 0) is 30.4 Å². The molecule has 0 aromatic heterocycles. The van der Waals surface area contributed by atoms with Crippen LogP contribution in [0.15, 0.2) is 24.3 Å². The molecule has 2 rings (SSSR count). The Morgan fingerprint density at radius 2 is 2.14 bits per heavy atom. The number of para-hydroxylation sites is 1. The maximum atomic E-state index is 12.4. The fourth-order valence-corrected chi connectivity index (χ4v) is 2.88. The van der Waals surface area contributed by atoms with Crippen LogP contribution in [-0.2, 0) is 9.59 Å². The van der Waals surface area contributed by atoms with Crippen molar-refractivity contribution < 1.29 is 19.4 Å². The van der Waals surface area contributed by atoms with Crippen molar-refractivity contribution in [2.24, 2.45) is 0 Å². The van der Waals surface area contributed by atoms with Crippen LogP contribution in [0.5, 0.6) is 5.75 Å². The average molecular weight is 291 g/mol. The van der Waals surface area contributed by atoms with Gasteiger partial charge in [0, 0.05) is 13.0 Å². The Morgan fingerprint density at radius 3 is 2.81 bits per heavy atom. The van der Waals surface area contributed by atoms with Crippen molar-refractivity contribution in [2.45, 2.75) is 38.1 Å². The van der Waals surface area contributed by atoms with E-state index in [9.17, 15) is 9.59 Å². The number of rotatable bonds is 5. The van der Waals surface area contributed by atoms with E-state index in [1.54, 1.807) is 7.11 Å². The quantitative estimate of drug-likeness (QED) is 0.903. The summed E-state index contributed by atoms with van der Waals surface area (Å²) in [7, 11) is 1.61. The Bertz CT molecular complexity index is 529. The lowest BCUT2D eigenvalue weighted by molar-refractivity contribution is -0.148. The molecule has 1 fully saturated rings. The minimum Gasteiger partial charge on any atom is -0.496 e. The molecule has 1 heterocycles. The third kappa shape index (κ3) is 3.35. The number of hydrogen-bond donors (Lipinski definition) is 1. The van der Waals surface area contributed by atoms with Gasteiger partial charge in [0.2, 0.25) is 5.91 Å². The topological polar surface area (TPSA) is 66.8 Å². The number of nitrogens with zero attached hydrogens (tertiary/aromatic N) is 1. The molecule has 1 aromatic rings. The fraction of sp³-hybridized carbons (Fsp3) is 0.500. The van der Waals surface area contributed by atoms with Gasteiger partial charge in [-0.15, -0.1) is 0 Å². The van der Waals surface area contributed by atoms with E-state index in [-0.39, 0.29) is 11.8 Å². The Kier molecular flexibility index (Phi) is 4.83. The van der Waals surface area contributed by atoms with Gasteiger partial charge in [-0.1, -0.05) is 25.1 Å². The molecule has 114 valence electrons. The summed E-state index contributed by atoms with van der Waals surface area (Å²) in [5.41, 5.74) is 0.972. The van der Waals surface area contributed by atoms with Gasteiger partial charge in [-0.3, -0.25) is 4.79 Å². The van der Waals surface area contributed by atoms with Crippen molar-refractivity contribution >= 4 is 11.9 Å². The molecule has 1 aliphatic rings. The molecular formula is C16H21NO4. The molecule has 0 bridgehead atoms. The van der Waals surface area contributed by atoms with E-state index in [1.807, 2.05) is 31.2 Å². The summed E-state index contributed by atoms with van der Waals surface area (Å²) in [6.07, 6.45) is 1.60. The number of aliphatic carboxylic acids is 1. The minimum absolute atomic E-state index is 0.0105. The number of carbonyl (C=O) groups excluding carboxylic acids is 1. The minimum atomic E-state index is -0.911. The highest BCUT2D eigenvalue weighted by Crippen LogP contribution is 2.30. The van der Waals surface area contributed by atoms with Gasteiger partial charge in [0.15, 0.2) is 0 Å². The largest absolute Gasteiger partial charge is 0.496 e. The molecule has 2 atom stereocenters. The molecular weight excluding hydrogens is 270 g/mol.